The van der Waals surface area contributed by atoms with Gasteiger partial charge in [0.25, 0.3) is 0 Å². The van der Waals surface area contributed by atoms with E-state index in [1.807, 2.05) is 0 Å². The van der Waals surface area contributed by atoms with Gasteiger partial charge in [-0.1, -0.05) is 0 Å². The van der Waals surface area contributed by atoms with Crippen molar-refractivity contribution in [1.82, 2.24) is 0 Å². The molecule has 0 aliphatic carbocycles. The number of aliphatic hydroxyl groups excluding tert-OH is 2. The summed E-state index contributed by atoms with van der Waals surface area (Å²) in [4.78, 5) is 9.22. The number of halogens is 2. The third-order valence-electron chi connectivity index (χ3n) is 0.532. The minimum absolute atomic E-state index is 0.0278. The van der Waals surface area contributed by atoms with E-state index in [4.69, 9.17) is 10.2 Å². The average molecular weight is 221 g/mol. The molecular formula is C5H10Cl2O5. The van der Waals surface area contributed by atoms with E-state index >= 15 is 0 Å². The lowest BCUT2D eigenvalue weighted by Crippen LogP contribution is -2.03. The summed E-state index contributed by atoms with van der Waals surface area (Å²) in [5, 5.41) is 16.2. The van der Waals surface area contributed by atoms with Gasteiger partial charge in [-0.3, -0.25) is 0 Å². The highest BCUT2D eigenvalue weighted by atomic mass is 35.5. The first kappa shape index (κ1) is 14.5. The first-order valence-electron chi connectivity index (χ1n) is 2.96. The van der Waals surface area contributed by atoms with Crippen molar-refractivity contribution in [3.8, 4) is 0 Å². The summed E-state index contributed by atoms with van der Waals surface area (Å²) in [5.41, 5.74) is -1.01. The number of carbonyl (C=O) groups is 1. The van der Waals surface area contributed by atoms with Gasteiger partial charge in [0.1, 0.15) is 11.9 Å². The Morgan fingerprint density at radius 1 is 1.25 bits per heavy atom. The monoisotopic (exact) mass is 220 g/mol. The molecule has 0 radical (unpaired) electrons. The van der Waals surface area contributed by atoms with Gasteiger partial charge in [0.2, 0.25) is 0 Å². The maximum Gasteiger partial charge on any atom is 0.421 e. The number of hydrogen-bond acceptors (Lipinski definition) is 5. The van der Waals surface area contributed by atoms with Crippen molar-refractivity contribution in [3.63, 3.8) is 0 Å². The zero-order valence-corrected chi connectivity index (χ0v) is 7.72. The standard InChI is InChI=1S/C4H10O3.CCl2O2/c5-1-3-7-4-2-6;2-1(4)5-3/h5-6H,1-4H2;. The van der Waals surface area contributed by atoms with Crippen LogP contribution < -0.4 is 0 Å². The van der Waals surface area contributed by atoms with Crippen molar-refractivity contribution in [2.75, 3.05) is 26.4 Å². The quantitative estimate of drug-likeness (QED) is 0.534. The third kappa shape index (κ3) is 22.5. The summed E-state index contributed by atoms with van der Waals surface area (Å²) >= 11 is 8.82. The number of carbonyl (C=O) groups excluding carboxylic acids is 1. The second-order valence-corrected chi connectivity index (χ2v) is 1.84. The zero-order chi connectivity index (χ0) is 9.82. The average Bonchev–Trinajstić information content (AvgIpc) is 2.07. The maximum absolute atomic E-state index is 9.22. The fourth-order valence-corrected chi connectivity index (χ4v) is 0.231. The van der Waals surface area contributed by atoms with Crippen LogP contribution in [-0.4, -0.2) is 42.1 Å². The highest BCUT2D eigenvalue weighted by Crippen LogP contribution is 1.87. The number of aliphatic hydroxyl groups is 2. The summed E-state index contributed by atoms with van der Waals surface area (Å²) in [6, 6.07) is 0. The first-order chi connectivity index (χ1) is 5.68. The van der Waals surface area contributed by atoms with Crippen LogP contribution in [0, 0.1) is 0 Å². The highest BCUT2D eigenvalue weighted by molar-refractivity contribution is 6.62. The van der Waals surface area contributed by atoms with E-state index in [0.29, 0.717) is 13.2 Å². The summed E-state index contributed by atoms with van der Waals surface area (Å²) in [6.45, 7) is 0.696. The molecule has 0 saturated carbocycles. The lowest BCUT2D eigenvalue weighted by Gasteiger charge is -1.94. The van der Waals surface area contributed by atoms with Crippen molar-refractivity contribution in [2.45, 2.75) is 0 Å². The van der Waals surface area contributed by atoms with Crippen LogP contribution in [0.5, 0.6) is 0 Å². The molecule has 0 rings (SSSR count). The number of rotatable bonds is 4. The van der Waals surface area contributed by atoms with Crippen LogP contribution in [-0.2, 0) is 9.03 Å². The predicted octanol–water partition coefficient (Wildman–Crippen LogP) is 0.503. The molecular weight excluding hydrogens is 211 g/mol. The lowest BCUT2D eigenvalue weighted by atomic mass is 10.7. The molecule has 74 valence electrons. The second-order valence-electron chi connectivity index (χ2n) is 1.37. The summed E-state index contributed by atoms with van der Waals surface area (Å²) in [7, 11) is 0. The molecule has 0 amide bonds. The van der Waals surface area contributed by atoms with Gasteiger partial charge in [-0.15, -0.1) is 0 Å². The fraction of sp³-hybridized carbons (Fsp3) is 0.800. The molecule has 0 aromatic rings. The van der Waals surface area contributed by atoms with E-state index in [0.717, 1.165) is 0 Å². The lowest BCUT2D eigenvalue weighted by molar-refractivity contribution is 0.0650. The Hall–Kier alpha value is -0.0700. The van der Waals surface area contributed by atoms with E-state index in [-0.39, 0.29) is 13.2 Å². The van der Waals surface area contributed by atoms with Crippen LogP contribution >= 0.6 is 23.5 Å². The molecule has 0 fully saturated rings. The van der Waals surface area contributed by atoms with Crippen molar-refractivity contribution in [1.29, 1.82) is 0 Å². The van der Waals surface area contributed by atoms with Gasteiger partial charge < -0.3 is 19.2 Å². The molecule has 0 aromatic heterocycles. The predicted molar refractivity (Wildman–Crippen MR) is 43.2 cm³/mol. The van der Waals surface area contributed by atoms with Crippen LogP contribution in [0.1, 0.15) is 0 Å². The van der Waals surface area contributed by atoms with Crippen molar-refractivity contribution < 1.29 is 24.0 Å². The Morgan fingerprint density at radius 3 is 1.75 bits per heavy atom. The first-order valence-corrected chi connectivity index (χ1v) is 3.65. The normalized spacial score (nSPS) is 8.33. The molecule has 0 aliphatic heterocycles. The van der Waals surface area contributed by atoms with Crippen LogP contribution in [0.25, 0.3) is 0 Å². The molecule has 0 saturated heterocycles. The molecule has 0 aliphatic rings. The summed E-state index contributed by atoms with van der Waals surface area (Å²) in [5.74, 6) is 0. The molecule has 7 heteroatoms. The minimum Gasteiger partial charge on any atom is -0.394 e. The summed E-state index contributed by atoms with van der Waals surface area (Å²) in [6.07, 6.45) is 0. The van der Waals surface area contributed by atoms with E-state index < -0.39 is 5.43 Å². The number of ether oxygens (including phenoxy) is 1. The smallest absolute Gasteiger partial charge is 0.394 e. The Kier molecular flexibility index (Phi) is 16.3. The summed E-state index contributed by atoms with van der Waals surface area (Å²) < 4.78 is 7.98. The SMILES string of the molecule is O=C(Cl)OCl.OCCOCCO. The van der Waals surface area contributed by atoms with Crippen molar-refractivity contribution >= 4 is 28.9 Å². The van der Waals surface area contributed by atoms with Crippen molar-refractivity contribution in [3.05, 3.63) is 0 Å². The van der Waals surface area contributed by atoms with E-state index in [1.165, 1.54) is 0 Å². The third-order valence-corrected chi connectivity index (χ3v) is 0.828. The Bertz CT molecular complexity index is 95.8. The maximum atomic E-state index is 9.22. The Balaban J connectivity index is 0. The Morgan fingerprint density at radius 2 is 1.58 bits per heavy atom. The van der Waals surface area contributed by atoms with Gasteiger partial charge in [-0.25, -0.2) is 4.79 Å². The minimum atomic E-state index is -1.01. The molecule has 5 nitrogen and oxygen atoms in total. The molecule has 0 unspecified atom stereocenters. The van der Waals surface area contributed by atoms with Gasteiger partial charge in [-0.05, 0) is 0 Å². The molecule has 0 aromatic carbocycles. The molecule has 2 N–H and O–H groups in total. The molecule has 0 spiro atoms. The van der Waals surface area contributed by atoms with Gasteiger partial charge in [-0.2, -0.15) is 0 Å². The van der Waals surface area contributed by atoms with Crippen LogP contribution in [0.2, 0.25) is 0 Å². The van der Waals surface area contributed by atoms with Crippen LogP contribution in [0.4, 0.5) is 4.79 Å². The van der Waals surface area contributed by atoms with Gasteiger partial charge in [0, 0.05) is 11.6 Å². The van der Waals surface area contributed by atoms with E-state index in [2.05, 4.69) is 32.5 Å². The second kappa shape index (κ2) is 13.5. The number of hydrogen-bond donors (Lipinski definition) is 2. The van der Waals surface area contributed by atoms with E-state index in [9.17, 15) is 4.79 Å². The van der Waals surface area contributed by atoms with Gasteiger partial charge in [0.05, 0.1) is 26.4 Å². The van der Waals surface area contributed by atoms with Crippen LogP contribution in [0.15, 0.2) is 0 Å². The molecule has 0 atom stereocenters. The van der Waals surface area contributed by atoms with Gasteiger partial charge >= 0.3 is 5.43 Å². The highest BCUT2D eigenvalue weighted by Gasteiger charge is 1.84. The van der Waals surface area contributed by atoms with Crippen molar-refractivity contribution in [2.24, 2.45) is 0 Å². The Labute approximate surface area is 80.0 Å². The molecule has 12 heavy (non-hydrogen) atoms. The van der Waals surface area contributed by atoms with E-state index in [1.54, 1.807) is 0 Å². The topological polar surface area (TPSA) is 76.0 Å². The zero-order valence-electron chi connectivity index (χ0n) is 6.20. The molecule has 0 bridgehead atoms. The fourth-order valence-electron chi connectivity index (χ4n) is 0.231. The van der Waals surface area contributed by atoms with Gasteiger partial charge in [0.15, 0.2) is 0 Å². The molecule has 0 heterocycles. The van der Waals surface area contributed by atoms with Crippen LogP contribution in [0.3, 0.4) is 0 Å². The largest absolute Gasteiger partial charge is 0.421 e.